The van der Waals surface area contributed by atoms with Crippen molar-refractivity contribution >= 4 is 5.91 Å². The van der Waals surface area contributed by atoms with Crippen LogP contribution in [0.25, 0.3) is 0 Å². The Morgan fingerprint density at radius 2 is 2.10 bits per heavy atom. The zero-order valence-corrected chi connectivity index (χ0v) is 13.4. The zero-order chi connectivity index (χ0) is 15.7. The Bertz CT molecular complexity index is 449. The quantitative estimate of drug-likeness (QED) is 0.685. The minimum atomic E-state index is -0.564. The molecule has 0 saturated carbocycles. The largest absolute Gasteiger partial charge is 0.493 e. The van der Waals surface area contributed by atoms with Gasteiger partial charge in [0, 0.05) is 18.7 Å². The Hall–Kier alpha value is -1.75. The minimum Gasteiger partial charge on any atom is -0.493 e. The van der Waals surface area contributed by atoms with Gasteiger partial charge >= 0.3 is 0 Å². The lowest BCUT2D eigenvalue weighted by Gasteiger charge is -2.19. The Labute approximate surface area is 127 Å². The second-order valence-corrected chi connectivity index (χ2v) is 4.78. The van der Waals surface area contributed by atoms with Crippen molar-refractivity contribution in [2.75, 3.05) is 20.2 Å². The van der Waals surface area contributed by atoms with E-state index in [9.17, 15) is 4.79 Å². The Kier molecular flexibility index (Phi) is 7.61. The van der Waals surface area contributed by atoms with Crippen LogP contribution in [0, 0.1) is 0 Å². The zero-order valence-electron chi connectivity index (χ0n) is 13.4. The van der Waals surface area contributed by atoms with Crippen molar-refractivity contribution in [3.05, 3.63) is 23.8 Å². The summed E-state index contributed by atoms with van der Waals surface area (Å²) in [6, 6.07) is 5.74. The third kappa shape index (κ3) is 5.27. The number of nitrogens with one attached hydrogen (secondary N) is 2. The van der Waals surface area contributed by atoms with Crippen molar-refractivity contribution in [1.82, 2.24) is 10.6 Å². The van der Waals surface area contributed by atoms with Crippen LogP contribution in [0.15, 0.2) is 18.2 Å². The van der Waals surface area contributed by atoms with Gasteiger partial charge in [0.25, 0.3) is 5.91 Å². The van der Waals surface area contributed by atoms with Gasteiger partial charge in [-0.05, 0) is 32.9 Å². The summed E-state index contributed by atoms with van der Waals surface area (Å²) in [5, 5.41) is 6.09. The van der Waals surface area contributed by atoms with Crippen LogP contribution < -0.4 is 20.1 Å². The third-order valence-corrected chi connectivity index (χ3v) is 3.04. The van der Waals surface area contributed by atoms with Gasteiger partial charge in [-0.15, -0.1) is 0 Å². The van der Waals surface area contributed by atoms with Crippen LogP contribution in [0.2, 0.25) is 0 Å². The van der Waals surface area contributed by atoms with Crippen LogP contribution >= 0.6 is 0 Å². The van der Waals surface area contributed by atoms with Crippen LogP contribution in [-0.4, -0.2) is 32.2 Å². The number of likely N-dealkylation sites (N-methyl/N-ethyl adjacent to an activating group) is 1. The molecule has 0 aliphatic rings. The van der Waals surface area contributed by atoms with Crippen molar-refractivity contribution in [3.63, 3.8) is 0 Å². The van der Waals surface area contributed by atoms with Gasteiger partial charge in [0.15, 0.2) is 17.6 Å². The molecule has 0 aliphatic heterocycles. The van der Waals surface area contributed by atoms with Crippen LogP contribution in [0.1, 0.15) is 32.8 Å². The van der Waals surface area contributed by atoms with Gasteiger partial charge in [-0.25, -0.2) is 0 Å². The number of hydrogen-bond acceptors (Lipinski definition) is 4. The van der Waals surface area contributed by atoms with Crippen molar-refractivity contribution in [1.29, 1.82) is 0 Å². The monoisotopic (exact) mass is 294 g/mol. The number of rotatable bonds is 9. The summed E-state index contributed by atoms with van der Waals surface area (Å²) in [5.41, 5.74) is 0.985. The molecule has 118 valence electrons. The lowest BCUT2D eigenvalue weighted by Crippen LogP contribution is -2.36. The molecule has 1 unspecified atom stereocenters. The first-order valence-corrected chi connectivity index (χ1v) is 7.44. The molecular formula is C16H26N2O3. The van der Waals surface area contributed by atoms with E-state index in [0.717, 1.165) is 18.5 Å². The molecular weight excluding hydrogens is 268 g/mol. The van der Waals surface area contributed by atoms with E-state index in [2.05, 4.69) is 17.6 Å². The molecule has 0 aliphatic carbocycles. The highest BCUT2D eigenvalue weighted by molar-refractivity contribution is 5.80. The lowest BCUT2D eigenvalue weighted by molar-refractivity contribution is -0.127. The standard InChI is InChI=1S/C16H26N2O3/c1-5-10-17-11-13-8-7-9-14(20-4)15(13)21-12(3)16(19)18-6-2/h7-9,12,17H,5-6,10-11H2,1-4H3,(H,18,19). The van der Waals surface area contributed by atoms with E-state index in [1.165, 1.54) is 0 Å². The van der Waals surface area contributed by atoms with E-state index in [1.54, 1.807) is 14.0 Å². The normalized spacial score (nSPS) is 11.8. The third-order valence-electron chi connectivity index (χ3n) is 3.04. The van der Waals surface area contributed by atoms with Gasteiger partial charge in [-0.3, -0.25) is 4.79 Å². The fourth-order valence-electron chi connectivity index (χ4n) is 1.94. The van der Waals surface area contributed by atoms with Crippen molar-refractivity contribution in [2.24, 2.45) is 0 Å². The minimum absolute atomic E-state index is 0.129. The molecule has 0 fully saturated rings. The van der Waals surface area contributed by atoms with E-state index in [4.69, 9.17) is 9.47 Å². The van der Waals surface area contributed by atoms with Crippen LogP contribution in [-0.2, 0) is 11.3 Å². The van der Waals surface area contributed by atoms with E-state index in [0.29, 0.717) is 24.6 Å². The van der Waals surface area contributed by atoms with Gasteiger partial charge in [0.1, 0.15) is 0 Å². The van der Waals surface area contributed by atoms with E-state index >= 15 is 0 Å². The molecule has 5 nitrogen and oxygen atoms in total. The second-order valence-electron chi connectivity index (χ2n) is 4.78. The van der Waals surface area contributed by atoms with Gasteiger partial charge in [0.05, 0.1) is 7.11 Å². The second kappa shape index (κ2) is 9.23. The highest BCUT2D eigenvalue weighted by Crippen LogP contribution is 2.32. The SMILES string of the molecule is CCCNCc1cccc(OC)c1OC(C)C(=O)NCC. The van der Waals surface area contributed by atoms with Crippen LogP contribution in [0.3, 0.4) is 0 Å². The maximum Gasteiger partial charge on any atom is 0.260 e. The fraction of sp³-hybridized carbons (Fsp3) is 0.562. The van der Waals surface area contributed by atoms with E-state index in [-0.39, 0.29) is 5.91 Å². The van der Waals surface area contributed by atoms with Crippen molar-refractivity contribution in [2.45, 2.75) is 39.8 Å². The molecule has 21 heavy (non-hydrogen) atoms. The first-order valence-electron chi connectivity index (χ1n) is 7.44. The summed E-state index contributed by atoms with van der Waals surface area (Å²) in [5.74, 6) is 1.14. The molecule has 0 heterocycles. The molecule has 1 aromatic carbocycles. The Balaban J connectivity index is 2.88. The molecule has 0 spiro atoms. The summed E-state index contributed by atoms with van der Waals surface area (Å²) in [4.78, 5) is 11.8. The molecule has 2 N–H and O–H groups in total. The van der Waals surface area contributed by atoms with Crippen LogP contribution in [0.5, 0.6) is 11.5 Å². The number of hydrogen-bond donors (Lipinski definition) is 2. The summed E-state index contributed by atoms with van der Waals surface area (Å²) in [7, 11) is 1.60. The molecule has 0 bridgehead atoms. The van der Waals surface area contributed by atoms with Crippen molar-refractivity contribution in [3.8, 4) is 11.5 Å². The smallest absolute Gasteiger partial charge is 0.260 e. The molecule has 1 atom stereocenters. The maximum absolute atomic E-state index is 11.8. The number of carbonyl (C=O) groups is 1. The number of para-hydroxylation sites is 1. The van der Waals surface area contributed by atoms with Gasteiger partial charge in [0.2, 0.25) is 0 Å². The molecule has 1 amide bonds. The fourth-order valence-corrected chi connectivity index (χ4v) is 1.94. The average molecular weight is 294 g/mol. The summed E-state index contributed by atoms with van der Waals surface area (Å²) >= 11 is 0. The predicted molar refractivity (Wildman–Crippen MR) is 83.8 cm³/mol. The van der Waals surface area contributed by atoms with Crippen LogP contribution in [0.4, 0.5) is 0 Å². The molecule has 0 radical (unpaired) electrons. The molecule has 0 saturated heterocycles. The molecule has 5 heteroatoms. The number of amides is 1. The Morgan fingerprint density at radius 1 is 1.33 bits per heavy atom. The molecule has 0 aromatic heterocycles. The average Bonchev–Trinajstić information content (AvgIpc) is 2.49. The predicted octanol–water partition coefficient (Wildman–Crippen LogP) is 2.10. The number of ether oxygens (including phenoxy) is 2. The van der Waals surface area contributed by atoms with Crippen molar-refractivity contribution < 1.29 is 14.3 Å². The maximum atomic E-state index is 11.8. The lowest BCUT2D eigenvalue weighted by atomic mass is 10.1. The summed E-state index contributed by atoms with van der Waals surface area (Å²) < 4.78 is 11.2. The number of carbonyl (C=O) groups excluding carboxylic acids is 1. The van der Waals surface area contributed by atoms with E-state index in [1.807, 2.05) is 25.1 Å². The summed E-state index contributed by atoms with van der Waals surface area (Å²) in [6.07, 6.45) is 0.501. The highest BCUT2D eigenvalue weighted by Gasteiger charge is 2.18. The van der Waals surface area contributed by atoms with Gasteiger partial charge in [-0.1, -0.05) is 19.1 Å². The number of methoxy groups -OCH3 is 1. The van der Waals surface area contributed by atoms with E-state index < -0.39 is 6.10 Å². The number of benzene rings is 1. The first-order chi connectivity index (χ1) is 10.1. The summed E-state index contributed by atoms with van der Waals surface area (Å²) in [6.45, 7) is 7.94. The van der Waals surface area contributed by atoms with Gasteiger partial charge in [-0.2, -0.15) is 0 Å². The molecule has 1 rings (SSSR count). The topological polar surface area (TPSA) is 59.6 Å². The Morgan fingerprint density at radius 3 is 2.71 bits per heavy atom. The highest BCUT2D eigenvalue weighted by atomic mass is 16.5. The molecule has 1 aromatic rings. The van der Waals surface area contributed by atoms with Gasteiger partial charge < -0.3 is 20.1 Å². The first kappa shape index (κ1) is 17.3.